The van der Waals surface area contributed by atoms with Crippen molar-refractivity contribution < 1.29 is 28.9 Å². The van der Waals surface area contributed by atoms with E-state index >= 15 is 0 Å². The van der Waals surface area contributed by atoms with Gasteiger partial charge in [-0.15, -0.1) is 0 Å². The number of benzene rings is 2. The first-order chi connectivity index (χ1) is 12.9. The van der Waals surface area contributed by atoms with Crippen molar-refractivity contribution in [1.82, 2.24) is 5.32 Å². The number of carboxylic acid groups (broad SMARTS) is 1. The number of carbonyl (C=O) groups is 2. The van der Waals surface area contributed by atoms with Crippen molar-refractivity contribution in [3.63, 3.8) is 0 Å². The molecule has 8 heteroatoms. The number of aliphatic carboxylic acids is 1. The maximum Gasteiger partial charge on any atom is 0.305 e. The quantitative estimate of drug-likeness (QED) is 0.714. The molecule has 0 saturated carbocycles. The lowest BCUT2D eigenvalue weighted by Crippen LogP contribution is -2.30. The van der Waals surface area contributed by atoms with Crippen molar-refractivity contribution in [2.24, 2.45) is 0 Å². The number of hydrogen-bond acceptors (Lipinski definition) is 5. The summed E-state index contributed by atoms with van der Waals surface area (Å²) in [7, 11) is 4.35. The Hall–Kier alpha value is -2.93. The topological polar surface area (TPSA) is 94.1 Å². The van der Waals surface area contributed by atoms with E-state index in [1.807, 2.05) is 0 Å². The van der Waals surface area contributed by atoms with Gasteiger partial charge < -0.3 is 24.6 Å². The Balaban J connectivity index is 2.34. The fourth-order valence-electron chi connectivity index (χ4n) is 2.58. The molecule has 1 amide bonds. The first kappa shape index (κ1) is 20.4. The van der Waals surface area contributed by atoms with Gasteiger partial charge >= 0.3 is 5.97 Å². The molecule has 0 spiro atoms. The third kappa shape index (κ3) is 5.04. The first-order valence-corrected chi connectivity index (χ1v) is 8.35. The van der Waals surface area contributed by atoms with E-state index in [1.165, 1.54) is 33.5 Å². The molecule has 0 aromatic heterocycles. The molecule has 0 aliphatic rings. The van der Waals surface area contributed by atoms with E-state index in [0.717, 1.165) is 0 Å². The zero-order valence-electron chi connectivity index (χ0n) is 15.1. The monoisotopic (exact) mass is 393 g/mol. The van der Waals surface area contributed by atoms with E-state index < -0.39 is 17.9 Å². The summed E-state index contributed by atoms with van der Waals surface area (Å²) in [6.45, 7) is 0. The lowest BCUT2D eigenvalue weighted by molar-refractivity contribution is -0.137. The van der Waals surface area contributed by atoms with E-state index in [-0.39, 0.29) is 12.0 Å². The van der Waals surface area contributed by atoms with Gasteiger partial charge in [0.2, 0.25) is 5.75 Å². The minimum absolute atomic E-state index is 0.244. The van der Waals surface area contributed by atoms with Crippen molar-refractivity contribution >= 4 is 23.5 Å². The second-order valence-corrected chi connectivity index (χ2v) is 6.03. The standard InChI is InChI=1S/C19H20ClNO6/c1-25-15-8-12(9-16(26-2)18(15)27-3)19(24)21-14(10-17(22)23)11-4-6-13(20)7-5-11/h4-9,14H,10H2,1-3H3,(H,21,24)(H,22,23)/t14-/m0/s1. The van der Waals surface area contributed by atoms with Crippen molar-refractivity contribution in [3.05, 3.63) is 52.5 Å². The highest BCUT2D eigenvalue weighted by molar-refractivity contribution is 6.30. The number of rotatable bonds is 8. The van der Waals surface area contributed by atoms with Gasteiger partial charge in [-0.05, 0) is 29.8 Å². The van der Waals surface area contributed by atoms with Crippen LogP contribution in [-0.2, 0) is 4.79 Å². The maximum absolute atomic E-state index is 12.7. The minimum atomic E-state index is -1.04. The van der Waals surface area contributed by atoms with Crippen LogP contribution < -0.4 is 19.5 Å². The lowest BCUT2D eigenvalue weighted by atomic mass is 10.0. The number of amides is 1. The van der Waals surface area contributed by atoms with E-state index in [2.05, 4.69) is 5.32 Å². The zero-order chi connectivity index (χ0) is 20.0. The fourth-order valence-corrected chi connectivity index (χ4v) is 2.70. The zero-order valence-corrected chi connectivity index (χ0v) is 15.9. The number of methoxy groups -OCH3 is 3. The van der Waals surface area contributed by atoms with Crippen molar-refractivity contribution in [2.75, 3.05) is 21.3 Å². The highest BCUT2D eigenvalue weighted by Gasteiger charge is 2.22. The molecule has 0 aliphatic carbocycles. The van der Waals surface area contributed by atoms with Crippen molar-refractivity contribution in [3.8, 4) is 17.2 Å². The van der Waals surface area contributed by atoms with Crippen LogP contribution in [0.1, 0.15) is 28.4 Å². The molecular weight excluding hydrogens is 374 g/mol. The predicted octanol–water partition coefficient (Wildman–Crippen LogP) is 3.31. The number of ether oxygens (including phenoxy) is 3. The molecule has 2 aromatic carbocycles. The molecular formula is C19H20ClNO6. The molecule has 0 unspecified atom stereocenters. The molecule has 7 nitrogen and oxygen atoms in total. The van der Waals surface area contributed by atoms with E-state index in [9.17, 15) is 14.7 Å². The SMILES string of the molecule is COc1cc(C(=O)N[C@@H](CC(=O)O)c2ccc(Cl)cc2)cc(OC)c1OC. The van der Waals surface area contributed by atoms with Crippen LogP contribution in [0.5, 0.6) is 17.2 Å². The number of nitrogens with one attached hydrogen (secondary N) is 1. The molecule has 27 heavy (non-hydrogen) atoms. The van der Waals surface area contributed by atoms with Crippen LogP contribution in [0.15, 0.2) is 36.4 Å². The van der Waals surface area contributed by atoms with E-state index in [4.69, 9.17) is 25.8 Å². The number of hydrogen-bond donors (Lipinski definition) is 2. The van der Waals surface area contributed by atoms with Gasteiger partial charge in [-0.3, -0.25) is 9.59 Å². The molecule has 2 aromatic rings. The predicted molar refractivity (Wildman–Crippen MR) is 100 cm³/mol. The summed E-state index contributed by atoms with van der Waals surface area (Å²) in [6.07, 6.45) is -0.280. The molecule has 144 valence electrons. The van der Waals surface area contributed by atoms with Crippen LogP contribution >= 0.6 is 11.6 Å². The van der Waals surface area contributed by atoms with Crippen molar-refractivity contribution in [1.29, 1.82) is 0 Å². The highest BCUT2D eigenvalue weighted by Crippen LogP contribution is 2.38. The molecule has 0 saturated heterocycles. The summed E-state index contributed by atoms with van der Waals surface area (Å²) in [4.78, 5) is 23.9. The summed E-state index contributed by atoms with van der Waals surface area (Å²) in [5.74, 6) is -0.515. The molecule has 0 radical (unpaired) electrons. The maximum atomic E-state index is 12.7. The Morgan fingerprint density at radius 3 is 2.04 bits per heavy atom. The Morgan fingerprint density at radius 2 is 1.59 bits per heavy atom. The first-order valence-electron chi connectivity index (χ1n) is 7.97. The number of carbonyl (C=O) groups excluding carboxylic acids is 1. The van der Waals surface area contributed by atoms with Gasteiger partial charge in [0.15, 0.2) is 11.5 Å². The van der Waals surface area contributed by atoms with Crippen LogP contribution in [-0.4, -0.2) is 38.3 Å². The number of carboxylic acids is 1. The molecule has 0 heterocycles. The summed E-state index contributed by atoms with van der Waals surface area (Å²) in [5.41, 5.74) is 0.872. The molecule has 2 N–H and O–H groups in total. The fraction of sp³-hybridized carbons (Fsp3) is 0.263. The van der Waals surface area contributed by atoms with Gasteiger partial charge in [0.05, 0.1) is 33.8 Å². The van der Waals surface area contributed by atoms with Gasteiger partial charge in [-0.2, -0.15) is 0 Å². The van der Waals surface area contributed by atoms with Crippen LogP contribution in [0.4, 0.5) is 0 Å². The largest absolute Gasteiger partial charge is 0.493 e. The molecule has 2 rings (SSSR count). The smallest absolute Gasteiger partial charge is 0.305 e. The molecule has 1 atom stereocenters. The van der Waals surface area contributed by atoms with Crippen LogP contribution in [0.3, 0.4) is 0 Å². The Labute approximate surface area is 161 Å². The third-order valence-electron chi connectivity index (χ3n) is 3.88. The normalized spacial score (nSPS) is 11.4. The minimum Gasteiger partial charge on any atom is -0.493 e. The van der Waals surface area contributed by atoms with Crippen LogP contribution in [0.25, 0.3) is 0 Å². The number of halogens is 1. The summed E-state index contributed by atoms with van der Waals surface area (Å²) in [6, 6.07) is 8.88. The molecule has 0 bridgehead atoms. The second-order valence-electron chi connectivity index (χ2n) is 5.59. The average molecular weight is 394 g/mol. The Morgan fingerprint density at radius 1 is 1.04 bits per heavy atom. The summed E-state index contributed by atoms with van der Waals surface area (Å²) >= 11 is 5.88. The van der Waals surface area contributed by atoms with Gasteiger partial charge in [-0.25, -0.2) is 0 Å². The summed E-state index contributed by atoms with van der Waals surface area (Å²) in [5, 5.41) is 12.4. The third-order valence-corrected chi connectivity index (χ3v) is 4.14. The van der Waals surface area contributed by atoms with Crippen LogP contribution in [0.2, 0.25) is 5.02 Å². The molecule has 0 aliphatic heterocycles. The van der Waals surface area contributed by atoms with Gasteiger partial charge in [0.25, 0.3) is 5.91 Å². The van der Waals surface area contributed by atoms with Gasteiger partial charge in [-0.1, -0.05) is 23.7 Å². The second kappa shape index (κ2) is 9.14. The van der Waals surface area contributed by atoms with E-state index in [0.29, 0.717) is 27.8 Å². The summed E-state index contributed by atoms with van der Waals surface area (Å²) < 4.78 is 15.7. The van der Waals surface area contributed by atoms with Crippen molar-refractivity contribution in [2.45, 2.75) is 12.5 Å². The highest BCUT2D eigenvalue weighted by atomic mass is 35.5. The Kier molecular flexibility index (Phi) is 6.90. The average Bonchev–Trinajstić information content (AvgIpc) is 2.66. The van der Waals surface area contributed by atoms with Gasteiger partial charge in [0, 0.05) is 10.6 Å². The van der Waals surface area contributed by atoms with Crippen LogP contribution in [0, 0.1) is 0 Å². The molecule has 0 fully saturated rings. The lowest BCUT2D eigenvalue weighted by Gasteiger charge is -2.19. The Bertz CT molecular complexity index is 796. The van der Waals surface area contributed by atoms with Gasteiger partial charge in [0.1, 0.15) is 0 Å². The van der Waals surface area contributed by atoms with E-state index in [1.54, 1.807) is 24.3 Å².